The Hall–Kier alpha value is -1.94. The minimum absolute atomic E-state index is 0.221. The minimum Gasteiger partial charge on any atom is -0.357 e. The van der Waals surface area contributed by atoms with E-state index in [2.05, 4.69) is 41.5 Å². The molecule has 0 saturated carbocycles. The van der Waals surface area contributed by atoms with Crippen LogP contribution in [0.4, 0.5) is 9.52 Å². The molecule has 0 radical (unpaired) electrons. The molecule has 1 N–H and O–H groups in total. The Bertz CT molecular complexity index is 704. The van der Waals surface area contributed by atoms with Crippen molar-refractivity contribution in [3.63, 3.8) is 0 Å². The maximum Gasteiger partial charge on any atom is 0.184 e. The fourth-order valence-corrected chi connectivity index (χ4v) is 2.74. The number of benzene rings is 2. The highest BCUT2D eigenvalue weighted by Gasteiger charge is 2.04. The van der Waals surface area contributed by atoms with Crippen molar-refractivity contribution in [2.24, 2.45) is 0 Å². The molecule has 1 heterocycles. The van der Waals surface area contributed by atoms with Crippen molar-refractivity contribution < 1.29 is 4.39 Å². The molecule has 0 fully saturated rings. The van der Waals surface area contributed by atoms with Crippen molar-refractivity contribution in [2.45, 2.75) is 13.5 Å². The van der Waals surface area contributed by atoms with Crippen LogP contribution in [0.25, 0.3) is 10.2 Å². The first-order valence-electron chi connectivity index (χ1n) is 6.06. The third-order valence-electron chi connectivity index (χ3n) is 2.91. The van der Waals surface area contributed by atoms with Gasteiger partial charge in [-0.05, 0) is 30.7 Å². The lowest BCUT2D eigenvalue weighted by molar-refractivity contribution is 0.630. The van der Waals surface area contributed by atoms with Crippen molar-refractivity contribution in [3.8, 4) is 0 Å². The predicted molar refractivity (Wildman–Crippen MR) is 78.1 cm³/mol. The van der Waals surface area contributed by atoms with Crippen molar-refractivity contribution in [1.82, 2.24) is 4.98 Å². The number of nitrogens with zero attached hydrogens (tertiary/aromatic N) is 1. The zero-order valence-corrected chi connectivity index (χ0v) is 11.3. The molecule has 19 heavy (non-hydrogen) atoms. The Morgan fingerprint density at radius 3 is 2.74 bits per heavy atom. The monoisotopic (exact) mass is 272 g/mol. The summed E-state index contributed by atoms with van der Waals surface area (Å²) in [7, 11) is 0. The first kappa shape index (κ1) is 12.1. The van der Waals surface area contributed by atoms with Gasteiger partial charge in [0.15, 0.2) is 5.13 Å². The van der Waals surface area contributed by atoms with Crippen molar-refractivity contribution >= 4 is 26.7 Å². The lowest BCUT2D eigenvalue weighted by Crippen LogP contribution is -1.98. The number of nitrogens with one attached hydrogen (secondary N) is 1. The van der Waals surface area contributed by atoms with Crippen LogP contribution in [0.5, 0.6) is 0 Å². The zero-order valence-electron chi connectivity index (χ0n) is 10.5. The zero-order chi connectivity index (χ0) is 13.2. The van der Waals surface area contributed by atoms with E-state index in [0.29, 0.717) is 0 Å². The number of fused-ring (bicyclic) bond motifs is 1. The van der Waals surface area contributed by atoms with Gasteiger partial charge in [-0.25, -0.2) is 9.37 Å². The number of aryl methyl sites for hydroxylation is 1. The molecule has 0 aliphatic carbocycles. The number of hydrogen-bond acceptors (Lipinski definition) is 3. The normalized spacial score (nSPS) is 10.8. The van der Waals surface area contributed by atoms with E-state index < -0.39 is 0 Å². The number of anilines is 1. The molecule has 0 aliphatic rings. The highest BCUT2D eigenvalue weighted by atomic mass is 32.1. The molecular weight excluding hydrogens is 259 g/mol. The summed E-state index contributed by atoms with van der Waals surface area (Å²) in [5, 5.41) is 4.09. The Morgan fingerprint density at radius 1 is 1.16 bits per heavy atom. The SMILES string of the molecule is Cc1ccc(CNc2nc3ccc(F)cc3s2)cc1. The topological polar surface area (TPSA) is 24.9 Å². The van der Waals surface area contributed by atoms with Gasteiger partial charge in [-0.1, -0.05) is 41.2 Å². The molecule has 3 aromatic rings. The van der Waals surface area contributed by atoms with E-state index in [1.807, 2.05) is 0 Å². The number of hydrogen-bond donors (Lipinski definition) is 1. The van der Waals surface area contributed by atoms with Gasteiger partial charge in [-0.15, -0.1) is 0 Å². The summed E-state index contributed by atoms with van der Waals surface area (Å²) >= 11 is 1.47. The summed E-state index contributed by atoms with van der Waals surface area (Å²) in [4.78, 5) is 4.43. The van der Waals surface area contributed by atoms with Crippen LogP contribution in [0.3, 0.4) is 0 Å². The lowest BCUT2D eigenvalue weighted by atomic mass is 10.1. The van der Waals surface area contributed by atoms with Crippen LogP contribution in [-0.2, 0) is 6.54 Å². The largest absolute Gasteiger partial charge is 0.357 e. The van der Waals surface area contributed by atoms with Gasteiger partial charge in [-0.2, -0.15) is 0 Å². The Balaban J connectivity index is 1.76. The molecule has 0 spiro atoms. The van der Waals surface area contributed by atoms with E-state index >= 15 is 0 Å². The van der Waals surface area contributed by atoms with Crippen molar-refractivity contribution in [1.29, 1.82) is 0 Å². The van der Waals surface area contributed by atoms with Gasteiger partial charge in [0.25, 0.3) is 0 Å². The summed E-state index contributed by atoms with van der Waals surface area (Å²) in [6, 6.07) is 13.0. The number of rotatable bonds is 3. The maximum atomic E-state index is 13.1. The molecule has 2 aromatic carbocycles. The maximum absolute atomic E-state index is 13.1. The fraction of sp³-hybridized carbons (Fsp3) is 0.133. The summed E-state index contributed by atoms with van der Waals surface area (Å²) in [5.74, 6) is -0.221. The second-order valence-corrected chi connectivity index (χ2v) is 5.50. The molecule has 2 nitrogen and oxygen atoms in total. The highest BCUT2D eigenvalue weighted by Crippen LogP contribution is 2.26. The predicted octanol–water partition coefficient (Wildman–Crippen LogP) is 4.36. The summed E-state index contributed by atoms with van der Waals surface area (Å²) in [6.45, 7) is 2.79. The smallest absolute Gasteiger partial charge is 0.184 e. The standard InChI is InChI=1S/C15H13FN2S/c1-10-2-4-11(5-3-10)9-17-15-18-13-7-6-12(16)8-14(13)19-15/h2-8H,9H2,1H3,(H,17,18). The van der Waals surface area contributed by atoms with Crippen LogP contribution < -0.4 is 5.32 Å². The molecular formula is C15H13FN2S. The molecule has 1 aromatic heterocycles. The molecule has 0 bridgehead atoms. The van der Waals surface area contributed by atoms with Crippen LogP contribution in [0.15, 0.2) is 42.5 Å². The van der Waals surface area contributed by atoms with Crippen LogP contribution >= 0.6 is 11.3 Å². The molecule has 0 saturated heterocycles. The first-order valence-corrected chi connectivity index (χ1v) is 6.88. The van der Waals surface area contributed by atoms with Gasteiger partial charge < -0.3 is 5.32 Å². The average molecular weight is 272 g/mol. The summed E-state index contributed by atoms with van der Waals surface area (Å²) in [6.07, 6.45) is 0. The van der Waals surface area contributed by atoms with Crippen LogP contribution in [0.1, 0.15) is 11.1 Å². The molecule has 3 rings (SSSR count). The Labute approximate surface area is 114 Å². The van der Waals surface area contributed by atoms with Crippen LogP contribution in [0, 0.1) is 12.7 Å². The molecule has 0 amide bonds. The summed E-state index contributed by atoms with van der Waals surface area (Å²) < 4.78 is 14.0. The van der Waals surface area contributed by atoms with E-state index in [1.165, 1.54) is 34.6 Å². The third-order valence-corrected chi connectivity index (χ3v) is 3.89. The van der Waals surface area contributed by atoms with E-state index in [1.54, 1.807) is 6.07 Å². The number of aromatic nitrogens is 1. The quantitative estimate of drug-likeness (QED) is 0.766. The van der Waals surface area contributed by atoms with Gasteiger partial charge in [0.05, 0.1) is 10.2 Å². The second kappa shape index (κ2) is 4.97. The van der Waals surface area contributed by atoms with Gasteiger partial charge in [0, 0.05) is 6.54 Å². The van der Waals surface area contributed by atoms with E-state index in [0.717, 1.165) is 21.9 Å². The summed E-state index contributed by atoms with van der Waals surface area (Å²) in [5.41, 5.74) is 3.29. The molecule has 0 unspecified atom stereocenters. The van der Waals surface area contributed by atoms with Gasteiger partial charge >= 0.3 is 0 Å². The number of thiazole rings is 1. The molecule has 96 valence electrons. The second-order valence-electron chi connectivity index (χ2n) is 4.47. The third kappa shape index (κ3) is 2.74. The minimum atomic E-state index is -0.221. The van der Waals surface area contributed by atoms with Crippen LogP contribution in [-0.4, -0.2) is 4.98 Å². The average Bonchev–Trinajstić information content (AvgIpc) is 2.80. The lowest BCUT2D eigenvalue weighted by Gasteiger charge is -2.02. The van der Waals surface area contributed by atoms with Gasteiger partial charge in [-0.3, -0.25) is 0 Å². The molecule has 0 aliphatic heterocycles. The fourth-order valence-electron chi connectivity index (χ4n) is 1.86. The molecule has 0 atom stereocenters. The van der Waals surface area contributed by atoms with Gasteiger partial charge in [0.1, 0.15) is 5.82 Å². The highest BCUT2D eigenvalue weighted by molar-refractivity contribution is 7.22. The Kier molecular flexibility index (Phi) is 3.17. The molecule has 4 heteroatoms. The number of halogens is 1. The Morgan fingerprint density at radius 2 is 1.95 bits per heavy atom. The first-order chi connectivity index (χ1) is 9.20. The van der Waals surface area contributed by atoms with E-state index in [-0.39, 0.29) is 5.82 Å². The van der Waals surface area contributed by atoms with Crippen molar-refractivity contribution in [3.05, 3.63) is 59.4 Å². The van der Waals surface area contributed by atoms with Crippen molar-refractivity contribution in [2.75, 3.05) is 5.32 Å². The van der Waals surface area contributed by atoms with E-state index in [9.17, 15) is 4.39 Å². The van der Waals surface area contributed by atoms with Crippen LogP contribution in [0.2, 0.25) is 0 Å². The van der Waals surface area contributed by atoms with Gasteiger partial charge in [0.2, 0.25) is 0 Å². The van der Waals surface area contributed by atoms with E-state index in [4.69, 9.17) is 0 Å².